The molecule has 92 valence electrons. The van der Waals surface area contributed by atoms with Gasteiger partial charge in [-0.1, -0.05) is 12.1 Å². The molecular formula is C13H16ClNOS. The molecule has 1 fully saturated rings. The van der Waals surface area contributed by atoms with Gasteiger partial charge in [0.1, 0.15) is 0 Å². The SMILES string of the molecule is CSc1ccccc1C(=O)N1CCC(CCl)C1. The van der Waals surface area contributed by atoms with Crippen molar-refractivity contribution in [1.29, 1.82) is 0 Å². The van der Waals surface area contributed by atoms with E-state index in [-0.39, 0.29) is 5.91 Å². The molecule has 0 aliphatic carbocycles. The lowest BCUT2D eigenvalue weighted by Crippen LogP contribution is -2.29. The fourth-order valence-corrected chi connectivity index (χ4v) is 2.98. The first-order valence-electron chi connectivity index (χ1n) is 5.74. The number of nitrogens with zero attached hydrogens (tertiary/aromatic N) is 1. The zero-order chi connectivity index (χ0) is 12.3. The van der Waals surface area contributed by atoms with Crippen molar-refractivity contribution in [3.63, 3.8) is 0 Å². The lowest BCUT2D eigenvalue weighted by Gasteiger charge is -2.17. The highest BCUT2D eigenvalue weighted by Crippen LogP contribution is 2.24. The molecule has 2 nitrogen and oxygen atoms in total. The highest BCUT2D eigenvalue weighted by atomic mass is 35.5. The van der Waals surface area contributed by atoms with E-state index in [4.69, 9.17) is 11.6 Å². The first-order valence-corrected chi connectivity index (χ1v) is 7.50. The molecule has 1 saturated heterocycles. The molecule has 1 aliphatic rings. The van der Waals surface area contributed by atoms with Crippen LogP contribution < -0.4 is 0 Å². The van der Waals surface area contributed by atoms with Crippen LogP contribution in [-0.4, -0.2) is 36.0 Å². The topological polar surface area (TPSA) is 20.3 Å². The van der Waals surface area contributed by atoms with Crippen LogP contribution in [0.3, 0.4) is 0 Å². The van der Waals surface area contributed by atoms with Gasteiger partial charge < -0.3 is 4.90 Å². The predicted molar refractivity (Wildman–Crippen MR) is 73.0 cm³/mol. The first kappa shape index (κ1) is 12.8. The summed E-state index contributed by atoms with van der Waals surface area (Å²) in [6.07, 6.45) is 3.02. The Morgan fingerprint density at radius 3 is 2.94 bits per heavy atom. The molecule has 0 N–H and O–H groups in total. The van der Waals surface area contributed by atoms with Crippen LogP contribution in [0.25, 0.3) is 0 Å². The third kappa shape index (κ3) is 2.78. The van der Waals surface area contributed by atoms with Crippen molar-refractivity contribution in [2.24, 2.45) is 5.92 Å². The average molecular weight is 270 g/mol. The van der Waals surface area contributed by atoms with E-state index >= 15 is 0 Å². The van der Waals surface area contributed by atoms with Crippen LogP contribution in [0.1, 0.15) is 16.8 Å². The summed E-state index contributed by atoms with van der Waals surface area (Å²) >= 11 is 7.46. The lowest BCUT2D eigenvalue weighted by molar-refractivity contribution is 0.0785. The Morgan fingerprint density at radius 1 is 1.53 bits per heavy atom. The second-order valence-electron chi connectivity index (χ2n) is 4.26. The second-order valence-corrected chi connectivity index (χ2v) is 5.42. The number of rotatable bonds is 3. The highest BCUT2D eigenvalue weighted by molar-refractivity contribution is 7.98. The third-order valence-corrected chi connectivity index (χ3v) is 4.36. The summed E-state index contributed by atoms with van der Waals surface area (Å²) in [5.41, 5.74) is 0.815. The number of amides is 1. The molecule has 1 atom stereocenters. The summed E-state index contributed by atoms with van der Waals surface area (Å²) in [7, 11) is 0. The highest BCUT2D eigenvalue weighted by Gasteiger charge is 2.27. The average Bonchev–Trinajstić information content (AvgIpc) is 2.86. The van der Waals surface area contributed by atoms with Gasteiger partial charge in [-0.3, -0.25) is 4.79 Å². The van der Waals surface area contributed by atoms with Gasteiger partial charge >= 0.3 is 0 Å². The van der Waals surface area contributed by atoms with E-state index in [9.17, 15) is 4.79 Å². The molecule has 1 heterocycles. The largest absolute Gasteiger partial charge is 0.338 e. The molecule has 0 radical (unpaired) electrons. The third-order valence-electron chi connectivity index (χ3n) is 3.13. The summed E-state index contributed by atoms with van der Waals surface area (Å²) in [5, 5.41) is 0. The van der Waals surface area contributed by atoms with Crippen LogP contribution in [0, 0.1) is 5.92 Å². The van der Waals surface area contributed by atoms with E-state index in [0.717, 1.165) is 30.0 Å². The van der Waals surface area contributed by atoms with E-state index < -0.39 is 0 Å². The standard InChI is InChI=1S/C13H16ClNOS/c1-17-12-5-3-2-4-11(12)13(16)15-7-6-10(8-14)9-15/h2-5,10H,6-9H2,1H3. The molecule has 0 aromatic heterocycles. The smallest absolute Gasteiger partial charge is 0.254 e. The van der Waals surface area contributed by atoms with Crippen LogP contribution in [0.5, 0.6) is 0 Å². The van der Waals surface area contributed by atoms with Crippen molar-refractivity contribution in [3.8, 4) is 0 Å². The minimum Gasteiger partial charge on any atom is -0.338 e. The van der Waals surface area contributed by atoms with Crippen LogP contribution >= 0.6 is 23.4 Å². The second kappa shape index (κ2) is 5.78. The Morgan fingerprint density at radius 2 is 2.29 bits per heavy atom. The minimum absolute atomic E-state index is 0.141. The molecule has 1 unspecified atom stereocenters. The number of carbonyl (C=O) groups excluding carboxylic acids is 1. The number of carbonyl (C=O) groups is 1. The molecule has 17 heavy (non-hydrogen) atoms. The molecule has 1 amide bonds. The van der Waals surface area contributed by atoms with Crippen molar-refractivity contribution in [1.82, 2.24) is 4.90 Å². The molecule has 1 aromatic rings. The number of thioether (sulfide) groups is 1. The van der Waals surface area contributed by atoms with Crippen LogP contribution in [0.2, 0.25) is 0 Å². The van der Waals surface area contributed by atoms with E-state index in [1.54, 1.807) is 11.8 Å². The van der Waals surface area contributed by atoms with Crippen molar-refractivity contribution in [3.05, 3.63) is 29.8 Å². The molecule has 1 aromatic carbocycles. The van der Waals surface area contributed by atoms with Crippen LogP contribution in [0.15, 0.2) is 29.2 Å². The Balaban J connectivity index is 2.15. The number of hydrogen-bond acceptors (Lipinski definition) is 2. The quantitative estimate of drug-likeness (QED) is 0.621. The summed E-state index contributed by atoms with van der Waals surface area (Å²) in [6, 6.07) is 7.78. The number of halogens is 1. The summed E-state index contributed by atoms with van der Waals surface area (Å²) < 4.78 is 0. The van der Waals surface area contributed by atoms with Gasteiger partial charge in [-0.25, -0.2) is 0 Å². The predicted octanol–water partition coefficient (Wildman–Crippen LogP) is 3.11. The maximum Gasteiger partial charge on any atom is 0.254 e. The van der Waals surface area contributed by atoms with Gasteiger partial charge in [-0.2, -0.15) is 0 Å². The van der Waals surface area contributed by atoms with Gasteiger partial charge in [0.15, 0.2) is 0 Å². The fraction of sp³-hybridized carbons (Fsp3) is 0.462. The molecule has 1 aliphatic heterocycles. The van der Waals surface area contributed by atoms with Gasteiger partial charge in [0, 0.05) is 23.9 Å². The molecule has 2 rings (SSSR count). The van der Waals surface area contributed by atoms with Crippen molar-refractivity contribution in [2.45, 2.75) is 11.3 Å². The number of alkyl halides is 1. The Labute approximate surface area is 111 Å². The summed E-state index contributed by atoms with van der Waals surface area (Å²) in [4.78, 5) is 15.3. The molecular weight excluding hydrogens is 254 g/mol. The zero-order valence-electron chi connectivity index (χ0n) is 9.86. The Hall–Kier alpha value is -0.670. The fourth-order valence-electron chi connectivity index (χ4n) is 2.13. The normalized spacial score (nSPS) is 19.6. The monoisotopic (exact) mass is 269 g/mol. The number of hydrogen-bond donors (Lipinski definition) is 0. The first-order chi connectivity index (χ1) is 8.26. The Bertz CT molecular complexity index is 410. The number of benzene rings is 1. The van der Waals surface area contributed by atoms with Crippen molar-refractivity contribution in [2.75, 3.05) is 25.2 Å². The van der Waals surface area contributed by atoms with Crippen LogP contribution in [-0.2, 0) is 0 Å². The van der Waals surface area contributed by atoms with Gasteiger partial charge in [-0.15, -0.1) is 23.4 Å². The maximum absolute atomic E-state index is 12.4. The molecule has 0 bridgehead atoms. The van der Waals surface area contributed by atoms with Crippen molar-refractivity contribution >= 4 is 29.3 Å². The van der Waals surface area contributed by atoms with E-state index in [2.05, 4.69) is 0 Å². The lowest BCUT2D eigenvalue weighted by atomic mass is 10.1. The molecule has 0 saturated carbocycles. The zero-order valence-corrected chi connectivity index (χ0v) is 11.4. The minimum atomic E-state index is 0.141. The molecule has 4 heteroatoms. The number of likely N-dealkylation sites (tertiary alicyclic amines) is 1. The summed E-state index contributed by atoms with van der Waals surface area (Å²) in [6.45, 7) is 1.63. The van der Waals surface area contributed by atoms with Gasteiger partial charge in [-0.05, 0) is 30.7 Å². The van der Waals surface area contributed by atoms with E-state index in [0.29, 0.717) is 11.8 Å². The van der Waals surface area contributed by atoms with Crippen LogP contribution in [0.4, 0.5) is 0 Å². The van der Waals surface area contributed by atoms with Gasteiger partial charge in [0.25, 0.3) is 5.91 Å². The van der Waals surface area contributed by atoms with Gasteiger partial charge in [0.05, 0.1) is 5.56 Å². The maximum atomic E-state index is 12.4. The van der Waals surface area contributed by atoms with Gasteiger partial charge in [0.2, 0.25) is 0 Å². The Kier molecular flexibility index (Phi) is 4.35. The van der Waals surface area contributed by atoms with E-state index in [1.807, 2.05) is 35.4 Å². The van der Waals surface area contributed by atoms with E-state index in [1.165, 1.54) is 0 Å². The van der Waals surface area contributed by atoms with Crippen molar-refractivity contribution < 1.29 is 4.79 Å². The molecule has 0 spiro atoms. The summed E-state index contributed by atoms with van der Waals surface area (Å²) in [5.74, 6) is 1.25.